The van der Waals surface area contributed by atoms with Crippen LogP contribution in [0.4, 0.5) is 4.39 Å². The normalized spacial score (nSPS) is 11.7. The summed E-state index contributed by atoms with van der Waals surface area (Å²) in [5.74, 6) is 1.45. The van der Waals surface area contributed by atoms with Gasteiger partial charge >= 0.3 is 0 Å². The standard InChI is InChI=1S/C19H23FN6/c1-14-8-9-15(12-16(14)20)13-23-19(21-2)22-10-5-7-18-25-24-17-6-3-4-11-26(17)18/h3-4,6,8-9,11-12H,5,7,10,13H2,1-2H3,(H2,21,22,23). The average molecular weight is 354 g/mol. The molecule has 0 saturated carbocycles. The van der Waals surface area contributed by atoms with Gasteiger partial charge in [0, 0.05) is 32.8 Å². The lowest BCUT2D eigenvalue weighted by molar-refractivity contribution is 0.615. The molecule has 6 nitrogen and oxygen atoms in total. The van der Waals surface area contributed by atoms with Gasteiger partial charge < -0.3 is 10.6 Å². The molecule has 2 N–H and O–H groups in total. The van der Waals surface area contributed by atoms with Crippen molar-refractivity contribution < 1.29 is 4.39 Å². The summed E-state index contributed by atoms with van der Waals surface area (Å²) in [5.41, 5.74) is 2.39. The summed E-state index contributed by atoms with van der Waals surface area (Å²) in [6.07, 6.45) is 3.69. The summed E-state index contributed by atoms with van der Waals surface area (Å²) in [7, 11) is 1.72. The zero-order valence-corrected chi connectivity index (χ0v) is 15.0. The number of aliphatic imine (C=N–C) groups is 1. The fraction of sp³-hybridized carbons (Fsp3) is 0.316. The van der Waals surface area contributed by atoms with Crippen LogP contribution in [0.5, 0.6) is 0 Å². The number of nitrogens with zero attached hydrogens (tertiary/aromatic N) is 4. The second-order valence-corrected chi connectivity index (χ2v) is 6.08. The Morgan fingerprint density at radius 3 is 2.88 bits per heavy atom. The van der Waals surface area contributed by atoms with Crippen LogP contribution in [0.1, 0.15) is 23.4 Å². The van der Waals surface area contributed by atoms with Crippen LogP contribution in [0.25, 0.3) is 5.65 Å². The van der Waals surface area contributed by atoms with E-state index in [1.165, 1.54) is 0 Å². The zero-order valence-electron chi connectivity index (χ0n) is 15.0. The summed E-state index contributed by atoms with van der Waals surface area (Å²) in [6.45, 7) is 3.03. The second kappa shape index (κ2) is 8.42. The monoisotopic (exact) mass is 354 g/mol. The predicted molar refractivity (Wildman–Crippen MR) is 101 cm³/mol. The molecule has 136 valence electrons. The van der Waals surface area contributed by atoms with E-state index in [0.717, 1.165) is 36.4 Å². The SMILES string of the molecule is CN=C(NCCCc1nnc2ccccn12)NCc1ccc(C)c(F)c1. The third-order valence-electron chi connectivity index (χ3n) is 4.17. The van der Waals surface area contributed by atoms with E-state index in [9.17, 15) is 4.39 Å². The first-order valence-electron chi connectivity index (χ1n) is 8.65. The van der Waals surface area contributed by atoms with Crippen molar-refractivity contribution in [2.45, 2.75) is 26.3 Å². The van der Waals surface area contributed by atoms with Crippen molar-refractivity contribution in [2.75, 3.05) is 13.6 Å². The molecule has 2 aromatic heterocycles. The van der Waals surface area contributed by atoms with Crippen molar-refractivity contribution in [1.82, 2.24) is 25.2 Å². The summed E-state index contributed by atoms with van der Waals surface area (Å²) >= 11 is 0. The number of hydrogen-bond donors (Lipinski definition) is 2. The number of guanidine groups is 1. The number of hydrogen-bond acceptors (Lipinski definition) is 3. The van der Waals surface area contributed by atoms with Crippen molar-refractivity contribution in [3.05, 3.63) is 65.4 Å². The van der Waals surface area contributed by atoms with Gasteiger partial charge in [0.25, 0.3) is 0 Å². The number of pyridine rings is 1. The maximum atomic E-state index is 13.6. The molecule has 0 bridgehead atoms. The average Bonchev–Trinajstić information content (AvgIpc) is 3.07. The van der Waals surface area contributed by atoms with Crippen molar-refractivity contribution in [3.8, 4) is 0 Å². The number of halogens is 1. The van der Waals surface area contributed by atoms with Crippen LogP contribution in [-0.2, 0) is 13.0 Å². The Bertz CT molecular complexity index is 902. The fourth-order valence-corrected chi connectivity index (χ4v) is 2.67. The Labute approximate surface area is 152 Å². The van der Waals surface area contributed by atoms with E-state index in [2.05, 4.69) is 25.8 Å². The molecular formula is C19H23FN6. The third kappa shape index (κ3) is 4.36. The molecule has 0 aliphatic carbocycles. The Hall–Kier alpha value is -2.96. The molecule has 0 radical (unpaired) electrons. The van der Waals surface area contributed by atoms with E-state index < -0.39 is 0 Å². The summed E-state index contributed by atoms with van der Waals surface area (Å²) < 4.78 is 15.6. The number of aryl methyl sites for hydroxylation is 2. The molecule has 0 saturated heterocycles. The van der Waals surface area contributed by atoms with Crippen LogP contribution in [0, 0.1) is 12.7 Å². The van der Waals surface area contributed by atoms with E-state index >= 15 is 0 Å². The van der Waals surface area contributed by atoms with Crippen LogP contribution in [0.2, 0.25) is 0 Å². The molecular weight excluding hydrogens is 331 g/mol. The number of nitrogens with one attached hydrogen (secondary N) is 2. The van der Waals surface area contributed by atoms with E-state index in [4.69, 9.17) is 0 Å². The van der Waals surface area contributed by atoms with Gasteiger partial charge in [0.05, 0.1) is 0 Å². The molecule has 0 amide bonds. The molecule has 0 aliphatic heterocycles. The van der Waals surface area contributed by atoms with Gasteiger partial charge in [-0.1, -0.05) is 18.2 Å². The fourth-order valence-electron chi connectivity index (χ4n) is 2.67. The van der Waals surface area contributed by atoms with Crippen molar-refractivity contribution in [1.29, 1.82) is 0 Å². The number of fused-ring (bicyclic) bond motifs is 1. The maximum absolute atomic E-state index is 13.6. The van der Waals surface area contributed by atoms with E-state index in [-0.39, 0.29) is 5.82 Å². The van der Waals surface area contributed by atoms with Gasteiger partial charge in [-0.15, -0.1) is 10.2 Å². The highest BCUT2D eigenvalue weighted by Gasteiger charge is 2.05. The first-order chi connectivity index (χ1) is 12.7. The minimum atomic E-state index is -0.187. The van der Waals surface area contributed by atoms with E-state index in [1.807, 2.05) is 34.9 Å². The van der Waals surface area contributed by atoms with Crippen molar-refractivity contribution in [2.24, 2.45) is 4.99 Å². The van der Waals surface area contributed by atoms with Crippen molar-refractivity contribution >= 4 is 11.6 Å². The Kier molecular flexibility index (Phi) is 5.78. The number of benzene rings is 1. The van der Waals surface area contributed by atoms with Gasteiger partial charge in [-0.05, 0) is 42.7 Å². The molecule has 0 fully saturated rings. The van der Waals surface area contributed by atoms with E-state index in [1.54, 1.807) is 26.1 Å². The summed E-state index contributed by atoms with van der Waals surface area (Å²) in [6, 6.07) is 11.1. The van der Waals surface area contributed by atoms with Gasteiger partial charge in [-0.25, -0.2) is 4.39 Å². The van der Waals surface area contributed by atoms with E-state index in [0.29, 0.717) is 18.1 Å². The first kappa shape index (κ1) is 17.8. The Morgan fingerprint density at radius 2 is 2.08 bits per heavy atom. The minimum Gasteiger partial charge on any atom is -0.356 e. The topological polar surface area (TPSA) is 66.6 Å². The van der Waals surface area contributed by atoms with Gasteiger partial charge in [0.15, 0.2) is 11.6 Å². The molecule has 0 unspecified atom stereocenters. The smallest absolute Gasteiger partial charge is 0.191 e. The number of aromatic nitrogens is 3. The lowest BCUT2D eigenvalue weighted by atomic mass is 10.1. The zero-order chi connectivity index (χ0) is 18.4. The molecule has 0 spiro atoms. The second-order valence-electron chi connectivity index (χ2n) is 6.08. The first-order valence-corrected chi connectivity index (χ1v) is 8.65. The minimum absolute atomic E-state index is 0.187. The van der Waals surface area contributed by atoms with Gasteiger partial charge in [-0.3, -0.25) is 9.39 Å². The molecule has 7 heteroatoms. The maximum Gasteiger partial charge on any atom is 0.191 e. The highest BCUT2D eigenvalue weighted by Crippen LogP contribution is 2.09. The van der Waals surface area contributed by atoms with Crippen LogP contribution in [-0.4, -0.2) is 34.2 Å². The van der Waals surface area contributed by atoms with Crippen LogP contribution >= 0.6 is 0 Å². The molecule has 0 atom stereocenters. The lowest BCUT2D eigenvalue weighted by Crippen LogP contribution is -2.37. The summed E-state index contributed by atoms with van der Waals surface area (Å²) in [5, 5.41) is 14.8. The van der Waals surface area contributed by atoms with Gasteiger partial charge in [-0.2, -0.15) is 0 Å². The molecule has 1 aromatic carbocycles. The Balaban J connectivity index is 1.45. The molecule has 26 heavy (non-hydrogen) atoms. The largest absolute Gasteiger partial charge is 0.356 e. The quantitative estimate of drug-likeness (QED) is 0.405. The highest BCUT2D eigenvalue weighted by atomic mass is 19.1. The van der Waals surface area contributed by atoms with Crippen molar-refractivity contribution in [3.63, 3.8) is 0 Å². The third-order valence-corrected chi connectivity index (χ3v) is 4.17. The van der Waals surface area contributed by atoms with Gasteiger partial charge in [0.1, 0.15) is 11.6 Å². The summed E-state index contributed by atoms with van der Waals surface area (Å²) in [4.78, 5) is 4.20. The molecule has 0 aliphatic rings. The Morgan fingerprint density at radius 1 is 1.19 bits per heavy atom. The molecule has 3 rings (SSSR count). The van der Waals surface area contributed by atoms with Crippen LogP contribution in [0.15, 0.2) is 47.6 Å². The molecule has 2 heterocycles. The van der Waals surface area contributed by atoms with Crippen LogP contribution < -0.4 is 10.6 Å². The van der Waals surface area contributed by atoms with Crippen LogP contribution in [0.3, 0.4) is 0 Å². The molecule has 3 aromatic rings. The predicted octanol–water partition coefficient (Wildman–Crippen LogP) is 2.47. The van der Waals surface area contributed by atoms with Gasteiger partial charge in [0.2, 0.25) is 0 Å². The number of rotatable bonds is 6. The highest BCUT2D eigenvalue weighted by molar-refractivity contribution is 5.79. The lowest BCUT2D eigenvalue weighted by Gasteiger charge is -2.12.